The van der Waals surface area contributed by atoms with Crippen LogP contribution in [0.15, 0.2) is 60.8 Å². The van der Waals surface area contributed by atoms with E-state index in [4.69, 9.17) is 9.05 Å². The average Bonchev–Trinajstić information content (AvgIpc) is 3.21. The van der Waals surface area contributed by atoms with Crippen molar-refractivity contribution in [3.63, 3.8) is 0 Å². The molecule has 0 aliphatic rings. The van der Waals surface area contributed by atoms with Crippen molar-refractivity contribution in [1.29, 1.82) is 0 Å². The Kier molecular flexibility index (Phi) is 40.9. The van der Waals surface area contributed by atoms with E-state index in [1.165, 1.54) is 103 Å². The van der Waals surface area contributed by atoms with E-state index in [9.17, 15) is 24.5 Å². The van der Waals surface area contributed by atoms with Crippen LogP contribution in [-0.2, 0) is 18.4 Å². The van der Waals surface area contributed by atoms with Gasteiger partial charge in [-0.2, -0.15) is 0 Å². The number of allylic oxidation sites excluding steroid dienone is 10. The summed E-state index contributed by atoms with van der Waals surface area (Å²) in [6, 6.07) is -1.10. The third-order valence-electron chi connectivity index (χ3n) is 10.9. The molecule has 10 heteroatoms. The Bertz CT molecular complexity index is 1200. The number of hydrogen-bond acceptors (Lipinski definition) is 7. The van der Waals surface area contributed by atoms with Crippen LogP contribution < -0.4 is 10.2 Å². The number of hydrogen-bond donors (Lipinski definition) is 3. The van der Waals surface area contributed by atoms with Crippen LogP contribution >= 0.6 is 7.82 Å². The summed E-state index contributed by atoms with van der Waals surface area (Å²) in [5.74, 6) is -0.298. The summed E-state index contributed by atoms with van der Waals surface area (Å²) in [7, 11) is 1.09. The highest BCUT2D eigenvalue weighted by Gasteiger charge is 2.29. The molecule has 0 aliphatic carbocycles. The minimum atomic E-state index is -4.68. The molecule has 3 N–H and O–H groups in total. The van der Waals surface area contributed by atoms with Gasteiger partial charge in [0.05, 0.1) is 39.9 Å². The summed E-state index contributed by atoms with van der Waals surface area (Å²) in [5, 5.41) is 24.6. The van der Waals surface area contributed by atoms with Crippen LogP contribution in [0.3, 0.4) is 0 Å². The van der Waals surface area contributed by atoms with Crippen molar-refractivity contribution in [3.05, 3.63) is 60.8 Å². The molecule has 0 rings (SSSR count). The van der Waals surface area contributed by atoms with Crippen molar-refractivity contribution in [3.8, 4) is 0 Å². The van der Waals surface area contributed by atoms with Gasteiger partial charge in [-0.3, -0.25) is 9.36 Å². The van der Waals surface area contributed by atoms with Gasteiger partial charge in [0.1, 0.15) is 19.3 Å². The van der Waals surface area contributed by atoms with Gasteiger partial charge in [-0.25, -0.2) is 0 Å². The Balaban J connectivity index is 4.33. The highest BCUT2D eigenvalue weighted by Crippen LogP contribution is 2.38. The number of rotatable bonds is 44. The van der Waals surface area contributed by atoms with Gasteiger partial charge in [-0.15, -0.1) is 0 Å². The van der Waals surface area contributed by atoms with Crippen molar-refractivity contribution in [2.45, 2.75) is 218 Å². The maximum atomic E-state index is 12.9. The van der Waals surface area contributed by atoms with Crippen LogP contribution in [-0.4, -0.2) is 79.8 Å². The molecular formula is C51H95N2O7P. The van der Waals surface area contributed by atoms with Crippen LogP contribution in [0.4, 0.5) is 0 Å². The Morgan fingerprint density at radius 1 is 0.623 bits per heavy atom. The van der Waals surface area contributed by atoms with E-state index in [2.05, 4.69) is 73.0 Å². The third kappa shape index (κ3) is 43.2. The van der Waals surface area contributed by atoms with Crippen molar-refractivity contribution in [1.82, 2.24) is 5.32 Å². The van der Waals surface area contributed by atoms with E-state index >= 15 is 0 Å². The van der Waals surface area contributed by atoms with Gasteiger partial charge in [0.15, 0.2) is 0 Å². The number of amides is 1. The van der Waals surface area contributed by atoms with E-state index in [0.717, 1.165) is 57.8 Å². The molecule has 9 nitrogen and oxygen atoms in total. The number of carbonyl (C=O) groups is 1. The van der Waals surface area contributed by atoms with Gasteiger partial charge in [0.2, 0.25) is 5.91 Å². The normalized spacial score (nSPS) is 15.2. The molecule has 0 saturated heterocycles. The standard InChI is InChI=1S/C51H95N2O7P/c1-6-8-10-12-14-16-18-20-21-22-23-24-25-26-27-28-29-30-31-32-34-36-38-40-42-44-50(55)52-48(47-60-61(57,58)59-46-45-53(3,4)5)51(56)49(54)43-41-39-37-35-33-19-17-15-13-11-9-7-2/h7,9,15,17-18,20,22-23,35,37,48-49,51,54,56H,6,8,10-14,16,19,21,24-34,36,38-47H2,1-5H3,(H-,52,55,57,58)/b9-7+,17-15+,20-18-,23-22-,37-35+. The first-order valence-electron chi connectivity index (χ1n) is 24.7. The Labute approximate surface area is 375 Å². The molecule has 0 bridgehead atoms. The molecular weight excluding hydrogens is 784 g/mol. The minimum absolute atomic E-state index is 0.0522. The SMILES string of the molecule is C/C=C/CC/C=C/CC/C=C/CCCC(O)C(O)C(COP(=O)([O-])OCC[N+](C)(C)C)NC(=O)CCCCCCCCCCCCCCC/C=C\C/C=C\CCCCCCC. The number of aliphatic hydroxyl groups is 2. The largest absolute Gasteiger partial charge is 0.756 e. The molecule has 0 radical (unpaired) electrons. The molecule has 0 aliphatic heterocycles. The lowest BCUT2D eigenvalue weighted by molar-refractivity contribution is -0.870. The number of carbonyl (C=O) groups excluding carboxylic acids is 1. The van der Waals surface area contributed by atoms with Gasteiger partial charge < -0.3 is 34.0 Å². The van der Waals surface area contributed by atoms with Crippen LogP contribution in [0.5, 0.6) is 0 Å². The molecule has 4 unspecified atom stereocenters. The fourth-order valence-corrected chi connectivity index (χ4v) is 7.63. The Hall–Kier alpha value is -1.84. The molecule has 4 atom stereocenters. The molecule has 0 saturated carbocycles. The van der Waals surface area contributed by atoms with Crippen molar-refractivity contribution in [2.24, 2.45) is 0 Å². The molecule has 0 aromatic rings. The first-order chi connectivity index (χ1) is 29.4. The number of quaternary nitrogens is 1. The lowest BCUT2D eigenvalue weighted by atomic mass is 10.0. The average molecular weight is 879 g/mol. The predicted octanol–water partition coefficient (Wildman–Crippen LogP) is 12.5. The summed E-state index contributed by atoms with van der Waals surface area (Å²) >= 11 is 0. The first-order valence-corrected chi connectivity index (χ1v) is 26.1. The summed E-state index contributed by atoms with van der Waals surface area (Å²) in [6.45, 7) is 4.18. The maximum absolute atomic E-state index is 12.9. The zero-order valence-electron chi connectivity index (χ0n) is 40.0. The second-order valence-corrected chi connectivity index (χ2v) is 19.3. The van der Waals surface area contributed by atoms with Crippen molar-refractivity contribution < 1.29 is 38.0 Å². The van der Waals surface area contributed by atoms with E-state index in [1.807, 2.05) is 28.1 Å². The van der Waals surface area contributed by atoms with Gasteiger partial charge in [0.25, 0.3) is 7.82 Å². The number of phosphoric ester groups is 1. The van der Waals surface area contributed by atoms with Gasteiger partial charge >= 0.3 is 0 Å². The number of phosphoric acid groups is 1. The van der Waals surface area contributed by atoms with Gasteiger partial charge in [-0.1, -0.05) is 164 Å². The van der Waals surface area contributed by atoms with E-state index in [-0.39, 0.29) is 18.9 Å². The number of unbranched alkanes of at least 4 members (excludes halogenated alkanes) is 21. The number of nitrogens with zero attached hydrogens (tertiary/aromatic N) is 1. The molecule has 0 aromatic heterocycles. The summed E-state index contributed by atoms with van der Waals surface area (Å²) in [6.07, 6.45) is 51.4. The second-order valence-electron chi connectivity index (χ2n) is 17.9. The smallest absolute Gasteiger partial charge is 0.268 e. The van der Waals surface area contributed by atoms with E-state index in [0.29, 0.717) is 30.3 Å². The highest BCUT2D eigenvalue weighted by molar-refractivity contribution is 7.45. The lowest BCUT2D eigenvalue weighted by Gasteiger charge is -2.31. The number of aliphatic hydroxyl groups excluding tert-OH is 2. The number of likely N-dealkylation sites (N-methyl/N-ethyl adjacent to an activating group) is 1. The monoisotopic (exact) mass is 879 g/mol. The fourth-order valence-electron chi connectivity index (χ4n) is 6.91. The quantitative estimate of drug-likeness (QED) is 0.0241. The summed E-state index contributed by atoms with van der Waals surface area (Å²) in [4.78, 5) is 25.4. The third-order valence-corrected chi connectivity index (χ3v) is 11.8. The van der Waals surface area contributed by atoms with Crippen LogP contribution in [0.2, 0.25) is 0 Å². The molecule has 1 amide bonds. The molecule has 356 valence electrons. The minimum Gasteiger partial charge on any atom is -0.756 e. The molecule has 0 spiro atoms. The Morgan fingerprint density at radius 2 is 1.07 bits per heavy atom. The van der Waals surface area contributed by atoms with E-state index < -0.39 is 32.7 Å². The van der Waals surface area contributed by atoms with Crippen molar-refractivity contribution >= 4 is 13.7 Å². The Morgan fingerprint density at radius 3 is 1.57 bits per heavy atom. The molecule has 61 heavy (non-hydrogen) atoms. The van der Waals surface area contributed by atoms with Crippen LogP contribution in [0.1, 0.15) is 200 Å². The summed E-state index contributed by atoms with van der Waals surface area (Å²) in [5.41, 5.74) is 0. The first kappa shape index (κ1) is 59.2. The molecule has 0 heterocycles. The highest BCUT2D eigenvalue weighted by atomic mass is 31.2. The van der Waals surface area contributed by atoms with E-state index in [1.54, 1.807) is 0 Å². The predicted molar refractivity (Wildman–Crippen MR) is 257 cm³/mol. The van der Waals surface area contributed by atoms with Gasteiger partial charge in [-0.05, 0) is 90.4 Å². The van der Waals surface area contributed by atoms with Crippen LogP contribution in [0, 0.1) is 0 Å². The lowest BCUT2D eigenvalue weighted by Crippen LogP contribution is -2.51. The zero-order valence-corrected chi connectivity index (χ0v) is 40.9. The molecule has 0 fully saturated rings. The second kappa shape index (κ2) is 42.1. The maximum Gasteiger partial charge on any atom is 0.268 e. The van der Waals surface area contributed by atoms with Crippen LogP contribution in [0.25, 0.3) is 0 Å². The topological polar surface area (TPSA) is 128 Å². The summed E-state index contributed by atoms with van der Waals surface area (Å²) < 4.78 is 23.1. The van der Waals surface area contributed by atoms with Crippen molar-refractivity contribution in [2.75, 3.05) is 40.9 Å². The zero-order chi connectivity index (χ0) is 45.1. The van der Waals surface area contributed by atoms with Gasteiger partial charge in [0, 0.05) is 6.42 Å². The number of nitrogens with one attached hydrogen (secondary N) is 1. The fraction of sp³-hybridized carbons (Fsp3) is 0.784. The molecule has 0 aromatic carbocycles.